The fourth-order valence-corrected chi connectivity index (χ4v) is 3.77. The summed E-state index contributed by atoms with van der Waals surface area (Å²) in [7, 11) is 1.77. The van der Waals surface area contributed by atoms with Crippen LogP contribution in [-0.2, 0) is 24.7 Å². The number of anilines is 1. The van der Waals surface area contributed by atoms with Crippen LogP contribution in [0.2, 0.25) is 0 Å². The van der Waals surface area contributed by atoms with Crippen LogP contribution in [-0.4, -0.2) is 38.3 Å². The van der Waals surface area contributed by atoms with E-state index in [1.165, 1.54) is 0 Å². The van der Waals surface area contributed by atoms with Gasteiger partial charge in [0.15, 0.2) is 0 Å². The van der Waals surface area contributed by atoms with E-state index in [4.69, 9.17) is 0 Å². The highest BCUT2D eigenvalue weighted by atomic mass is 16.4. The Morgan fingerprint density at radius 3 is 2.71 bits per heavy atom. The summed E-state index contributed by atoms with van der Waals surface area (Å²) in [5.41, 5.74) is 4.74. The summed E-state index contributed by atoms with van der Waals surface area (Å²) in [6, 6.07) is 11.7. The lowest BCUT2D eigenvalue weighted by Gasteiger charge is -2.30. The van der Waals surface area contributed by atoms with Crippen LogP contribution >= 0.6 is 0 Å². The maximum atomic E-state index is 13.4. The molecule has 0 fully saturated rings. The van der Waals surface area contributed by atoms with E-state index in [1.54, 1.807) is 22.8 Å². The second-order valence-corrected chi connectivity index (χ2v) is 7.05. The molecule has 7 heteroatoms. The smallest absolute Gasteiger partial charge is 0.308 e. The average Bonchev–Trinajstić information content (AvgIpc) is 3.31. The molecule has 0 saturated heterocycles. The van der Waals surface area contributed by atoms with Gasteiger partial charge in [0.2, 0.25) is 0 Å². The Labute approximate surface area is 162 Å². The van der Waals surface area contributed by atoms with Gasteiger partial charge < -0.3 is 15.0 Å². The summed E-state index contributed by atoms with van der Waals surface area (Å²) in [4.78, 5) is 30.0. The number of carboxylic acid groups (broad SMARTS) is 1. The minimum Gasteiger partial charge on any atom is -0.481 e. The molecule has 0 spiro atoms. The first-order valence-corrected chi connectivity index (χ1v) is 9.32. The molecule has 2 aromatic heterocycles. The second-order valence-electron chi connectivity index (χ2n) is 7.05. The van der Waals surface area contributed by atoms with Gasteiger partial charge in [-0.2, -0.15) is 5.10 Å². The standard InChI is InChI=1S/C21H22N4O3/c1-3-16-15(10-17(23-16)13-7-5-4-6-8-13)20(26)25-12-14(21(27)28)9-18-19(25)11-22-24(18)2/h4-8,10-11,14,23H,3,9,12H2,1-2H3,(H,27,28). The van der Waals surface area contributed by atoms with Gasteiger partial charge >= 0.3 is 5.97 Å². The van der Waals surface area contributed by atoms with E-state index in [-0.39, 0.29) is 12.5 Å². The zero-order chi connectivity index (χ0) is 19.8. The first kappa shape index (κ1) is 18.0. The molecule has 3 heterocycles. The fourth-order valence-electron chi connectivity index (χ4n) is 3.77. The number of carbonyl (C=O) groups excluding carboxylic acids is 1. The summed E-state index contributed by atoms with van der Waals surface area (Å²) in [5, 5.41) is 13.8. The van der Waals surface area contributed by atoms with Gasteiger partial charge in [0.1, 0.15) is 0 Å². The molecule has 1 amide bonds. The van der Waals surface area contributed by atoms with Crippen molar-refractivity contribution in [3.05, 3.63) is 59.5 Å². The van der Waals surface area contributed by atoms with Gasteiger partial charge in [0.05, 0.1) is 29.1 Å². The van der Waals surface area contributed by atoms with Crippen molar-refractivity contribution in [1.82, 2.24) is 14.8 Å². The van der Waals surface area contributed by atoms with Gasteiger partial charge in [0.25, 0.3) is 5.91 Å². The number of rotatable bonds is 4. The van der Waals surface area contributed by atoms with E-state index in [0.717, 1.165) is 22.6 Å². The molecule has 1 unspecified atom stereocenters. The normalized spacial score (nSPS) is 16.1. The number of amides is 1. The number of aromatic nitrogens is 3. The molecule has 7 nitrogen and oxygen atoms in total. The van der Waals surface area contributed by atoms with Crippen molar-refractivity contribution in [2.45, 2.75) is 19.8 Å². The van der Waals surface area contributed by atoms with E-state index in [0.29, 0.717) is 24.1 Å². The second kappa shape index (κ2) is 6.99. The molecule has 3 aromatic rings. The van der Waals surface area contributed by atoms with Crippen LogP contribution in [0.1, 0.15) is 28.7 Å². The first-order chi connectivity index (χ1) is 13.5. The number of aromatic amines is 1. The molecule has 0 aliphatic carbocycles. The van der Waals surface area contributed by atoms with Crippen molar-refractivity contribution in [2.24, 2.45) is 13.0 Å². The van der Waals surface area contributed by atoms with Gasteiger partial charge in [-0.3, -0.25) is 14.3 Å². The van der Waals surface area contributed by atoms with Gasteiger partial charge in [-0.15, -0.1) is 0 Å². The van der Waals surface area contributed by atoms with E-state index >= 15 is 0 Å². The van der Waals surface area contributed by atoms with E-state index in [2.05, 4.69) is 10.1 Å². The van der Waals surface area contributed by atoms with Gasteiger partial charge in [0, 0.05) is 31.4 Å². The maximum Gasteiger partial charge on any atom is 0.308 e. The Kier molecular flexibility index (Phi) is 4.50. The quantitative estimate of drug-likeness (QED) is 0.730. The number of aliphatic carboxylic acids is 1. The predicted molar refractivity (Wildman–Crippen MR) is 105 cm³/mol. The number of benzene rings is 1. The number of carbonyl (C=O) groups is 2. The van der Waals surface area contributed by atoms with Gasteiger partial charge in [-0.25, -0.2) is 0 Å². The molecule has 0 radical (unpaired) electrons. The monoisotopic (exact) mass is 378 g/mol. The van der Waals surface area contributed by atoms with Crippen molar-refractivity contribution in [3.8, 4) is 11.3 Å². The third-order valence-electron chi connectivity index (χ3n) is 5.34. The number of nitrogens with zero attached hydrogens (tertiary/aromatic N) is 3. The van der Waals surface area contributed by atoms with Crippen LogP contribution in [0.25, 0.3) is 11.3 Å². The molecule has 0 saturated carbocycles. The van der Waals surface area contributed by atoms with Crippen LogP contribution in [0.5, 0.6) is 0 Å². The Bertz CT molecular complexity index is 1040. The van der Waals surface area contributed by atoms with Gasteiger partial charge in [-0.05, 0) is 18.1 Å². The van der Waals surface area contributed by atoms with Crippen molar-refractivity contribution in [3.63, 3.8) is 0 Å². The van der Waals surface area contributed by atoms with Crippen molar-refractivity contribution in [2.75, 3.05) is 11.4 Å². The summed E-state index contributed by atoms with van der Waals surface area (Å²) in [5.74, 6) is -1.75. The topological polar surface area (TPSA) is 91.2 Å². The minimum atomic E-state index is -0.903. The maximum absolute atomic E-state index is 13.4. The van der Waals surface area contributed by atoms with Crippen molar-refractivity contribution < 1.29 is 14.7 Å². The summed E-state index contributed by atoms with van der Waals surface area (Å²) < 4.78 is 1.65. The van der Waals surface area contributed by atoms with Crippen molar-refractivity contribution >= 4 is 17.6 Å². The zero-order valence-corrected chi connectivity index (χ0v) is 15.8. The molecule has 2 N–H and O–H groups in total. The first-order valence-electron chi connectivity index (χ1n) is 9.32. The molecule has 1 aromatic carbocycles. The highest BCUT2D eigenvalue weighted by Gasteiger charge is 2.35. The number of carboxylic acids is 1. The number of nitrogens with one attached hydrogen (secondary N) is 1. The molecular weight excluding hydrogens is 356 g/mol. The number of hydrogen-bond donors (Lipinski definition) is 2. The number of H-pyrrole nitrogens is 1. The Hall–Kier alpha value is -3.35. The third-order valence-corrected chi connectivity index (χ3v) is 5.34. The van der Waals surface area contributed by atoms with Gasteiger partial charge in [-0.1, -0.05) is 37.3 Å². The van der Waals surface area contributed by atoms with E-state index in [9.17, 15) is 14.7 Å². The van der Waals surface area contributed by atoms with Crippen LogP contribution in [0.3, 0.4) is 0 Å². The predicted octanol–water partition coefficient (Wildman–Crippen LogP) is 2.88. The van der Waals surface area contributed by atoms with Crippen molar-refractivity contribution in [1.29, 1.82) is 0 Å². The third kappa shape index (κ3) is 2.98. The number of fused-ring (bicyclic) bond motifs is 1. The highest BCUT2D eigenvalue weighted by Crippen LogP contribution is 2.32. The summed E-state index contributed by atoms with van der Waals surface area (Å²) in [6.45, 7) is 2.13. The fraction of sp³-hybridized carbons (Fsp3) is 0.286. The molecule has 1 aliphatic rings. The lowest BCUT2D eigenvalue weighted by atomic mass is 9.96. The van der Waals surface area contributed by atoms with Crippen LogP contribution in [0.4, 0.5) is 5.69 Å². The minimum absolute atomic E-state index is 0.141. The average molecular weight is 378 g/mol. The Balaban J connectivity index is 1.75. The highest BCUT2D eigenvalue weighted by molar-refractivity contribution is 6.08. The van der Waals surface area contributed by atoms with Crippen LogP contribution < -0.4 is 4.90 Å². The molecule has 0 bridgehead atoms. The molecule has 1 aliphatic heterocycles. The SMILES string of the molecule is CCc1[nH]c(-c2ccccc2)cc1C(=O)N1CC(C(=O)O)Cc2c1cnn2C. The lowest BCUT2D eigenvalue weighted by molar-refractivity contribution is -0.141. The number of aryl methyl sites for hydroxylation is 2. The molecule has 28 heavy (non-hydrogen) atoms. The number of hydrogen-bond acceptors (Lipinski definition) is 3. The zero-order valence-electron chi connectivity index (χ0n) is 15.8. The lowest BCUT2D eigenvalue weighted by Crippen LogP contribution is -2.43. The summed E-state index contributed by atoms with van der Waals surface area (Å²) >= 11 is 0. The molecule has 4 rings (SSSR count). The molecule has 1 atom stereocenters. The Morgan fingerprint density at radius 1 is 1.29 bits per heavy atom. The van der Waals surface area contributed by atoms with Crippen LogP contribution in [0.15, 0.2) is 42.6 Å². The van der Waals surface area contributed by atoms with E-state index < -0.39 is 11.9 Å². The Morgan fingerprint density at radius 2 is 2.04 bits per heavy atom. The summed E-state index contributed by atoms with van der Waals surface area (Å²) in [6.07, 6.45) is 2.68. The van der Waals surface area contributed by atoms with E-state index in [1.807, 2.05) is 43.3 Å². The van der Waals surface area contributed by atoms with Crippen LogP contribution in [0, 0.1) is 5.92 Å². The molecule has 144 valence electrons. The largest absolute Gasteiger partial charge is 0.481 e. The molecular formula is C21H22N4O3.